The van der Waals surface area contributed by atoms with Gasteiger partial charge in [0.15, 0.2) is 0 Å². The van der Waals surface area contributed by atoms with E-state index in [2.05, 4.69) is 62.7 Å². The number of ether oxygens (including phenoxy) is 4. The maximum Gasteiger partial charge on any atom is 0.408 e. The molecule has 0 saturated heterocycles. The van der Waals surface area contributed by atoms with Gasteiger partial charge in [-0.15, -0.1) is 12.4 Å². The summed E-state index contributed by atoms with van der Waals surface area (Å²) >= 11 is 0. The monoisotopic (exact) mass is 1870 g/mol. The quantitative estimate of drug-likeness (QED) is 0.00771. The number of nitrogens with two attached hydrogens (primary N) is 1. The van der Waals surface area contributed by atoms with Crippen molar-refractivity contribution in [1.82, 2.24) is 40.0 Å². The number of esters is 2. The van der Waals surface area contributed by atoms with Gasteiger partial charge < -0.3 is 72.4 Å². The zero-order chi connectivity index (χ0) is 83.7. The zero-order valence-electron chi connectivity index (χ0n) is 70.9. The molecule has 0 fully saturated rings. The maximum absolute atomic E-state index is 13.3. The van der Waals surface area contributed by atoms with Gasteiger partial charge in [0.05, 0.1) is 58.8 Å². The summed E-state index contributed by atoms with van der Waals surface area (Å²) < 4.78 is 26.4. The van der Waals surface area contributed by atoms with E-state index >= 15 is 0 Å². The topological polar surface area (TPSA) is 417 Å². The fourth-order valence-corrected chi connectivity index (χ4v) is 12.3. The number of halogens is 1. The van der Waals surface area contributed by atoms with Gasteiger partial charge in [-0.3, -0.25) is 28.8 Å². The second kappa shape index (κ2) is 60.8. The summed E-state index contributed by atoms with van der Waals surface area (Å²) in [6.45, 7) is 11.6. The standard InChI is InChI=1S/C33H38N4O5.C25H24N4O4.C25H32N4O3.C8H16O2.ClH.2H2O.Pd.3H2S/c1-3-4-5-6-10-16-31(38)41-23-29(36-33(40)42-22-25-13-8-7-9-14-25)32(39)35-27-18-17-26-21-34-37(30(26)20-27)28-15-11-12-24(2)19-28;1-17-6-5-9-21(12-17)29-23-13-20(11-10-19(23)14-26-29)27-24(31)22(15-30)28-25(32)33-16-18-7-3-2-4-8-18;1-3-4-5-6-7-11-24(30)32-17-22(26)25(31)28-20-13-12-19-16-27-29(23(19)15-20)21-10-8-9-18(2)14-21;1-2-3-4-5-6-7-8(9)10;;;;;;;/h7-9,11-15,17-21,29H,3-6,10,16,22-23H2,1-2H3,(H,35,39)(H,36,40);2-14,22,30H,15-16H2,1H3,(H,27,31)(H,28,32);8-10,12-16,22H,3-7,11,17,26H2,1-2H3,(H,28,31);2-7H2,1H3,(H,9,10);1H;2*1H2;;3*1H2/t29-;2*22-;;;;;;;;/m000......../s1. The average molecular weight is 1880 g/mol. The third-order valence-corrected chi connectivity index (χ3v) is 18.7. The Hall–Kier alpha value is -10.6. The number of nitrogens with one attached hydrogen (secondary N) is 5. The van der Waals surface area contributed by atoms with Gasteiger partial charge in [-0.05, 0) is 159 Å². The number of amides is 5. The van der Waals surface area contributed by atoms with Crippen molar-refractivity contribution in [1.29, 1.82) is 0 Å². The van der Waals surface area contributed by atoms with Gasteiger partial charge >= 0.3 is 30.1 Å². The minimum absolute atomic E-state index is 0. The molecule has 0 aliphatic carbocycles. The van der Waals surface area contributed by atoms with Crippen molar-refractivity contribution >= 4 is 150 Å². The van der Waals surface area contributed by atoms with Crippen molar-refractivity contribution in [2.24, 2.45) is 5.73 Å². The number of fused-ring (bicyclic) bond motifs is 3. The minimum Gasteiger partial charge on any atom is -0.481 e. The van der Waals surface area contributed by atoms with E-state index in [1.807, 2.05) is 189 Å². The van der Waals surface area contributed by atoms with E-state index in [0.717, 1.165) is 148 Å². The first-order valence-corrected chi connectivity index (χ1v) is 40.1. The number of alkyl carbamates (subject to hydrolysis) is 2. The van der Waals surface area contributed by atoms with Crippen molar-refractivity contribution in [2.75, 3.05) is 35.8 Å². The number of hydrogen-bond acceptors (Lipinski definition) is 17. The number of anilines is 3. The average Bonchev–Trinajstić information content (AvgIpc) is 1.66. The van der Waals surface area contributed by atoms with E-state index in [0.29, 0.717) is 29.9 Å². The number of carboxylic acids is 1. The molecule has 33 heteroatoms. The molecule has 0 unspecified atom stereocenters. The molecule has 0 aliphatic rings. The summed E-state index contributed by atoms with van der Waals surface area (Å²) in [7, 11) is 0. The van der Waals surface area contributed by atoms with Crippen LogP contribution in [0.15, 0.2) is 207 Å². The van der Waals surface area contributed by atoms with Crippen molar-refractivity contribution in [3.63, 3.8) is 0 Å². The molecule has 8 aromatic carbocycles. The van der Waals surface area contributed by atoms with E-state index < -0.39 is 66.6 Å². The Balaban J connectivity index is 0.000000864. The van der Waals surface area contributed by atoms with Crippen LogP contribution < -0.4 is 32.3 Å². The molecule has 0 spiro atoms. The van der Waals surface area contributed by atoms with Crippen LogP contribution >= 0.6 is 52.9 Å². The van der Waals surface area contributed by atoms with Crippen LogP contribution in [0.3, 0.4) is 0 Å². The van der Waals surface area contributed by atoms with E-state index in [1.54, 1.807) is 52.2 Å². The van der Waals surface area contributed by atoms with E-state index in [4.69, 9.17) is 29.8 Å². The largest absolute Gasteiger partial charge is 0.481 e. The van der Waals surface area contributed by atoms with Crippen LogP contribution in [-0.2, 0) is 81.4 Å². The molecular weight excluding hydrogens is 1760 g/mol. The number of nitrogens with zero attached hydrogens (tertiary/aromatic N) is 6. The number of rotatable bonds is 38. The summed E-state index contributed by atoms with van der Waals surface area (Å²) in [5, 5.41) is 47.4. The Labute approximate surface area is 765 Å². The second-order valence-corrected chi connectivity index (χ2v) is 28.5. The van der Waals surface area contributed by atoms with Gasteiger partial charge in [-0.2, -0.15) is 55.8 Å². The molecule has 3 aromatic heterocycles. The molecular formula is C91H121ClN12O16PdS3. The summed E-state index contributed by atoms with van der Waals surface area (Å²) in [4.78, 5) is 97.4. The third-order valence-electron chi connectivity index (χ3n) is 18.7. The number of aryl methyl sites for hydroxylation is 3. The molecule has 676 valence electrons. The number of carbonyl (C=O) groups excluding carboxylic acids is 7. The van der Waals surface area contributed by atoms with Crippen molar-refractivity contribution in [3.05, 3.63) is 234 Å². The van der Waals surface area contributed by atoms with Gasteiger partial charge in [0, 0.05) is 72.9 Å². The Kier molecular flexibility index (Phi) is 54.6. The van der Waals surface area contributed by atoms with Gasteiger partial charge in [0.2, 0.25) is 11.8 Å². The fraction of sp³-hybridized carbons (Fsp3) is 0.352. The van der Waals surface area contributed by atoms with Gasteiger partial charge in [0.1, 0.15) is 44.6 Å². The van der Waals surface area contributed by atoms with Crippen molar-refractivity contribution in [2.45, 2.75) is 188 Å². The van der Waals surface area contributed by atoms with Crippen LogP contribution in [-0.4, -0.2) is 136 Å². The van der Waals surface area contributed by atoms with Crippen molar-refractivity contribution < 1.29 is 98.9 Å². The number of benzene rings is 8. The summed E-state index contributed by atoms with van der Waals surface area (Å²) in [6.07, 6.45) is 20.5. The van der Waals surface area contributed by atoms with Gasteiger partial charge in [-0.1, -0.05) is 195 Å². The second-order valence-electron chi connectivity index (χ2n) is 28.5. The first kappa shape index (κ1) is 111. The predicted octanol–water partition coefficient (Wildman–Crippen LogP) is 16.1. The number of aliphatic hydroxyl groups excluding tert-OH is 1. The maximum atomic E-state index is 13.3. The van der Waals surface area contributed by atoms with E-state index in [-0.39, 0.29) is 123 Å². The Bertz CT molecular complexity index is 5030. The third kappa shape index (κ3) is 38.2. The number of hydrogen-bond donors (Lipinski definition) is 8. The molecule has 3 atom stereocenters. The number of aromatic nitrogens is 6. The number of carboxylic acid groups (broad SMARTS) is 1. The van der Waals surface area contributed by atoms with Gasteiger partial charge in [0.25, 0.3) is 5.91 Å². The minimum atomic E-state index is -1.16. The summed E-state index contributed by atoms with van der Waals surface area (Å²) in [5.41, 5.74) is 17.8. The van der Waals surface area contributed by atoms with Crippen LogP contribution in [0.4, 0.5) is 26.7 Å². The predicted molar refractivity (Wildman–Crippen MR) is 501 cm³/mol. The van der Waals surface area contributed by atoms with Crippen LogP contribution in [0.1, 0.15) is 164 Å². The molecule has 3 heterocycles. The molecule has 28 nitrogen and oxygen atoms in total. The van der Waals surface area contributed by atoms with Crippen LogP contribution in [0, 0.1) is 20.8 Å². The Morgan fingerprint density at radius 1 is 0.403 bits per heavy atom. The smallest absolute Gasteiger partial charge is 0.408 e. The fourth-order valence-electron chi connectivity index (χ4n) is 12.3. The molecule has 5 amide bonds. The van der Waals surface area contributed by atoms with Crippen LogP contribution in [0.25, 0.3) is 49.8 Å². The molecule has 11 rings (SSSR count). The zero-order valence-corrected chi connectivity index (χ0v) is 76.3. The molecule has 0 radical (unpaired) electrons. The SMILES string of the molecule is CCCCCCCC(=O)O.CCCCCCCC(=O)OC[C@H](N)C(=O)Nc1ccc2cnn(-c3cccc(C)c3)c2c1.CCCCCCCC(=O)OC[C@H](NC(=O)OCc1ccccc1)C(=O)Nc1ccc2cnn(-c3cccc(C)c3)c2c1.Cc1cccc(-n2ncc3ccc(NC(=O)[C@H](CO)NC(=O)OCc4ccccc4)cc32)c1.Cl.O.O.S.S.S.[Pd]. The summed E-state index contributed by atoms with van der Waals surface area (Å²) in [5.74, 6) is -2.89. The van der Waals surface area contributed by atoms with Crippen molar-refractivity contribution in [3.8, 4) is 17.1 Å². The summed E-state index contributed by atoms with van der Waals surface area (Å²) in [6, 6.07) is 55.5. The molecule has 0 saturated carbocycles. The normalized spacial score (nSPS) is 10.9. The van der Waals surface area contributed by atoms with E-state index in [9.17, 15) is 43.5 Å². The molecule has 0 bridgehead atoms. The van der Waals surface area contributed by atoms with Crippen LogP contribution in [0.5, 0.6) is 0 Å². The Morgan fingerprint density at radius 2 is 0.734 bits per heavy atom. The number of carbonyl (C=O) groups is 8. The number of aliphatic carboxylic acids is 1. The number of aliphatic hydroxyl groups is 1. The first-order valence-electron chi connectivity index (χ1n) is 40.1. The van der Waals surface area contributed by atoms with E-state index in [1.165, 1.54) is 25.7 Å². The van der Waals surface area contributed by atoms with Crippen LogP contribution in [0.2, 0.25) is 0 Å². The molecule has 11 aromatic rings. The first-order chi connectivity index (χ1) is 56.7. The molecule has 13 N–H and O–H groups in total. The molecule has 0 aliphatic heterocycles. The number of unbranched alkanes of at least 4 members (excludes halogenated alkanes) is 12. The molecule has 124 heavy (non-hydrogen) atoms. The van der Waals surface area contributed by atoms with Gasteiger partial charge in [-0.25, -0.2) is 23.6 Å². The Morgan fingerprint density at radius 3 is 1.08 bits per heavy atom.